The van der Waals surface area contributed by atoms with Crippen LogP contribution >= 0.6 is 11.3 Å². The summed E-state index contributed by atoms with van der Waals surface area (Å²) in [4.78, 5) is 28.7. The average molecular weight is 432 g/mol. The first-order valence-corrected chi connectivity index (χ1v) is 11.4. The fourth-order valence-corrected chi connectivity index (χ4v) is 5.08. The quantitative estimate of drug-likeness (QED) is 0.560. The third-order valence-corrected chi connectivity index (χ3v) is 6.53. The zero-order chi connectivity index (χ0) is 21.1. The van der Waals surface area contributed by atoms with Crippen LogP contribution < -0.4 is 21.5 Å². The van der Waals surface area contributed by atoms with Crippen LogP contribution in [0.5, 0.6) is 0 Å². The lowest BCUT2D eigenvalue weighted by molar-refractivity contribution is -0.121. The van der Waals surface area contributed by atoms with Gasteiger partial charge in [0.05, 0.1) is 28.3 Å². The second kappa shape index (κ2) is 9.28. The van der Waals surface area contributed by atoms with Gasteiger partial charge < -0.3 is 15.4 Å². The highest BCUT2D eigenvalue weighted by molar-refractivity contribution is 7.16. The van der Waals surface area contributed by atoms with Crippen LogP contribution in [-0.2, 0) is 16.0 Å². The molecule has 8 nitrogen and oxygen atoms in total. The fourth-order valence-electron chi connectivity index (χ4n) is 4.36. The van der Waals surface area contributed by atoms with Crippen LogP contribution in [0, 0.1) is 5.92 Å². The number of amides is 2. The van der Waals surface area contributed by atoms with E-state index in [4.69, 9.17) is 4.74 Å². The highest BCUT2D eigenvalue weighted by Crippen LogP contribution is 2.33. The van der Waals surface area contributed by atoms with E-state index in [-0.39, 0.29) is 36.4 Å². The molecule has 2 fully saturated rings. The van der Waals surface area contributed by atoms with Crippen LogP contribution in [0.3, 0.4) is 0 Å². The molecule has 1 aliphatic carbocycles. The molecule has 2 unspecified atom stereocenters. The SMILES string of the molecule is CC(C)NC(=O)O[C@@H]1CC[C@H](C2CC(NC(=O)Cc3cccc4scnc34)NN2)C1. The van der Waals surface area contributed by atoms with Crippen molar-refractivity contribution in [2.45, 2.75) is 70.3 Å². The first-order chi connectivity index (χ1) is 14.5. The first-order valence-electron chi connectivity index (χ1n) is 10.6. The van der Waals surface area contributed by atoms with Crippen molar-refractivity contribution < 1.29 is 14.3 Å². The van der Waals surface area contributed by atoms with E-state index in [1.165, 1.54) is 0 Å². The van der Waals surface area contributed by atoms with Gasteiger partial charge in [-0.25, -0.2) is 15.2 Å². The molecule has 30 heavy (non-hydrogen) atoms. The molecule has 0 radical (unpaired) electrons. The molecule has 4 atom stereocenters. The molecule has 0 bridgehead atoms. The Morgan fingerprint density at radius 2 is 2.13 bits per heavy atom. The second-order valence-electron chi connectivity index (χ2n) is 8.44. The van der Waals surface area contributed by atoms with Gasteiger partial charge in [0, 0.05) is 12.1 Å². The normalized spacial score (nSPS) is 26.2. The minimum atomic E-state index is -0.339. The molecular weight excluding hydrogens is 402 g/mol. The Morgan fingerprint density at radius 3 is 2.97 bits per heavy atom. The van der Waals surface area contributed by atoms with Crippen LogP contribution in [0.15, 0.2) is 23.7 Å². The summed E-state index contributed by atoms with van der Waals surface area (Å²) in [6.07, 6.45) is 3.36. The lowest BCUT2D eigenvalue weighted by Gasteiger charge is -2.18. The molecule has 2 aliphatic rings. The molecule has 1 saturated carbocycles. The number of aromatic nitrogens is 1. The number of carbonyl (C=O) groups excluding carboxylic acids is 2. The van der Waals surface area contributed by atoms with Gasteiger partial charge in [-0.1, -0.05) is 12.1 Å². The van der Waals surface area contributed by atoms with Crippen molar-refractivity contribution in [2.75, 3.05) is 0 Å². The summed E-state index contributed by atoms with van der Waals surface area (Å²) in [6.45, 7) is 3.83. The molecule has 2 heterocycles. The number of nitrogens with one attached hydrogen (secondary N) is 4. The van der Waals surface area contributed by atoms with E-state index < -0.39 is 0 Å². The summed E-state index contributed by atoms with van der Waals surface area (Å²) in [5.41, 5.74) is 10.2. The van der Waals surface area contributed by atoms with Gasteiger partial charge in [0.2, 0.25) is 5.91 Å². The lowest BCUT2D eigenvalue weighted by atomic mass is 9.96. The van der Waals surface area contributed by atoms with Crippen LogP contribution in [0.25, 0.3) is 10.2 Å². The standard InChI is InChI=1S/C21H29N5O3S/c1-12(2)23-21(28)29-15-7-6-13(8-15)16-10-18(26-25-16)24-19(27)9-14-4-3-5-17-20(14)22-11-30-17/h3-5,11-13,15-16,18,25-26H,6-10H2,1-2H3,(H,23,28)(H,24,27)/t13-,15+,16?,18?/m0/s1. The van der Waals surface area contributed by atoms with Crippen molar-refractivity contribution in [2.24, 2.45) is 5.92 Å². The van der Waals surface area contributed by atoms with Gasteiger partial charge in [0.15, 0.2) is 0 Å². The monoisotopic (exact) mass is 431 g/mol. The molecule has 2 aromatic rings. The first kappa shape index (κ1) is 21.0. The van der Waals surface area contributed by atoms with E-state index in [1.807, 2.05) is 37.6 Å². The second-order valence-corrected chi connectivity index (χ2v) is 9.33. The Hall–Kier alpha value is -2.23. The molecule has 4 rings (SSSR count). The van der Waals surface area contributed by atoms with Crippen LogP contribution in [0.4, 0.5) is 4.79 Å². The molecule has 1 saturated heterocycles. The van der Waals surface area contributed by atoms with Crippen molar-refractivity contribution in [3.63, 3.8) is 0 Å². The van der Waals surface area contributed by atoms with Crippen molar-refractivity contribution in [3.8, 4) is 0 Å². The number of alkyl carbamates (subject to hydrolysis) is 1. The van der Waals surface area contributed by atoms with Gasteiger partial charge >= 0.3 is 6.09 Å². The molecular formula is C21H29N5O3S. The Kier molecular flexibility index (Phi) is 6.50. The van der Waals surface area contributed by atoms with E-state index in [0.29, 0.717) is 12.3 Å². The molecule has 9 heteroatoms. The molecule has 162 valence electrons. The number of hydrogen-bond donors (Lipinski definition) is 4. The van der Waals surface area contributed by atoms with Crippen molar-refractivity contribution in [1.82, 2.24) is 26.5 Å². The van der Waals surface area contributed by atoms with E-state index in [1.54, 1.807) is 11.3 Å². The third-order valence-electron chi connectivity index (χ3n) is 5.74. The van der Waals surface area contributed by atoms with Crippen molar-refractivity contribution >= 4 is 33.6 Å². The molecule has 1 aromatic heterocycles. The average Bonchev–Trinajstić information content (AvgIpc) is 3.41. The topological polar surface area (TPSA) is 104 Å². The maximum absolute atomic E-state index is 12.6. The number of ether oxygens (including phenoxy) is 1. The van der Waals surface area contributed by atoms with Crippen LogP contribution in [-0.4, -0.2) is 41.3 Å². The van der Waals surface area contributed by atoms with Crippen molar-refractivity contribution in [1.29, 1.82) is 0 Å². The Bertz CT molecular complexity index is 902. The highest BCUT2D eigenvalue weighted by Gasteiger charge is 2.37. The predicted molar refractivity (Wildman–Crippen MR) is 116 cm³/mol. The van der Waals surface area contributed by atoms with E-state index >= 15 is 0 Å². The Morgan fingerprint density at radius 1 is 1.27 bits per heavy atom. The van der Waals surface area contributed by atoms with E-state index in [0.717, 1.165) is 41.5 Å². The molecule has 4 N–H and O–H groups in total. The summed E-state index contributed by atoms with van der Waals surface area (Å²) >= 11 is 1.58. The van der Waals surface area contributed by atoms with Gasteiger partial charge in [-0.15, -0.1) is 11.3 Å². The number of hydrazine groups is 1. The Balaban J connectivity index is 1.23. The maximum Gasteiger partial charge on any atom is 0.407 e. The molecule has 2 amide bonds. The Labute approximate surface area is 180 Å². The summed E-state index contributed by atoms with van der Waals surface area (Å²) in [5, 5.41) is 5.84. The van der Waals surface area contributed by atoms with Gasteiger partial charge in [0.25, 0.3) is 0 Å². The number of rotatable bonds is 6. The number of thiazole rings is 1. The minimum absolute atomic E-state index is 0.0200. The molecule has 1 aromatic carbocycles. The van der Waals surface area contributed by atoms with E-state index in [2.05, 4.69) is 26.5 Å². The van der Waals surface area contributed by atoms with Gasteiger partial charge in [-0.05, 0) is 57.1 Å². The smallest absolute Gasteiger partial charge is 0.407 e. The predicted octanol–water partition coefficient (Wildman–Crippen LogP) is 2.45. The molecule has 1 aliphatic heterocycles. The third kappa shape index (κ3) is 5.08. The van der Waals surface area contributed by atoms with E-state index in [9.17, 15) is 9.59 Å². The summed E-state index contributed by atoms with van der Waals surface area (Å²) in [6, 6.07) is 6.27. The van der Waals surface area contributed by atoms with Crippen molar-refractivity contribution in [3.05, 3.63) is 29.3 Å². The summed E-state index contributed by atoms with van der Waals surface area (Å²) < 4.78 is 6.62. The number of carbonyl (C=O) groups is 2. The molecule has 0 spiro atoms. The maximum atomic E-state index is 12.6. The van der Waals surface area contributed by atoms with Crippen LogP contribution in [0.1, 0.15) is 45.1 Å². The van der Waals surface area contributed by atoms with Gasteiger partial charge in [0.1, 0.15) is 6.10 Å². The summed E-state index contributed by atoms with van der Waals surface area (Å²) in [7, 11) is 0. The number of hydrogen-bond acceptors (Lipinski definition) is 7. The van der Waals surface area contributed by atoms with Crippen LogP contribution in [0.2, 0.25) is 0 Å². The zero-order valence-electron chi connectivity index (χ0n) is 17.3. The largest absolute Gasteiger partial charge is 0.446 e. The number of fused-ring (bicyclic) bond motifs is 1. The zero-order valence-corrected chi connectivity index (χ0v) is 18.1. The number of para-hydroxylation sites is 1. The minimum Gasteiger partial charge on any atom is -0.446 e. The summed E-state index contributed by atoms with van der Waals surface area (Å²) in [5.74, 6) is 0.397. The van der Waals surface area contributed by atoms with Gasteiger partial charge in [-0.2, -0.15) is 0 Å². The fraction of sp³-hybridized carbons (Fsp3) is 0.571. The lowest BCUT2D eigenvalue weighted by Crippen LogP contribution is -2.45. The number of benzene rings is 1. The van der Waals surface area contributed by atoms with Gasteiger partial charge in [-0.3, -0.25) is 10.2 Å². The number of nitrogens with zero attached hydrogens (tertiary/aromatic N) is 1. The highest BCUT2D eigenvalue weighted by atomic mass is 32.1.